The molecular formula is C20H23N3O7. The van der Waals surface area contributed by atoms with Crippen molar-refractivity contribution in [1.29, 1.82) is 0 Å². The topological polar surface area (TPSA) is 128 Å². The number of carbonyl (C=O) groups is 3. The quantitative estimate of drug-likeness (QED) is 0.309. The third-order valence-corrected chi connectivity index (χ3v) is 5.12. The van der Waals surface area contributed by atoms with Crippen LogP contribution in [0.1, 0.15) is 30.1 Å². The maximum atomic E-state index is 12.9. The molecule has 1 saturated carbocycles. The van der Waals surface area contributed by atoms with E-state index in [1.807, 2.05) is 0 Å². The van der Waals surface area contributed by atoms with Crippen molar-refractivity contribution >= 4 is 23.7 Å². The van der Waals surface area contributed by atoms with Crippen LogP contribution in [-0.2, 0) is 14.3 Å². The molecule has 0 aromatic heterocycles. The summed E-state index contributed by atoms with van der Waals surface area (Å²) in [7, 11) is 0. The molecule has 30 heavy (non-hydrogen) atoms. The number of nitrogens with zero attached hydrogens (tertiary/aromatic N) is 2. The Morgan fingerprint density at radius 3 is 2.57 bits per heavy atom. The molecule has 0 radical (unpaired) electrons. The van der Waals surface area contributed by atoms with Crippen molar-refractivity contribution in [2.24, 2.45) is 5.92 Å². The van der Waals surface area contributed by atoms with Gasteiger partial charge in [-0.3, -0.25) is 14.9 Å². The van der Waals surface area contributed by atoms with Gasteiger partial charge in [0, 0.05) is 25.1 Å². The van der Waals surface area contributed by atoms with E-state index >= 15 is 0 Å². The van der Waals surface area contributed by atoms with E-state index in [0.29, 0.717) is 6.42 Å². The van der Waals surface area contributed by atoms with Crippen molar-refractivity contribution in [3.05, 3.63) is 52.6 Å². The average Bonchev–Trinajstić information content (AvgIpc) is 3.35. The Morgan fingerprint density at radius 2 is 2.00 bits per heavy atom. The van der Waals surface area contributed by atoms with E-state index in [4.69, 9.17) is 9.47 Å². The largest absolute Gasteiger partial charge is 0.457 e. The zero-order valence-electron chi connectivity index (χ0n) is 16.5. The summed E-state index contributed by atoms with van der Waals surface area (Å²) in [4.78, 5) is 48.8. The molecule has 0 spiro atoms. The normalized spacial score (nSPS) is 24.6. The number of benzene rings is 1. The molecule has 10 nitrogen and oxygen atoms in total. The second kappa shape index (κ2) is 9.04. The molecule has 1 aromatic carbocycles. The summed E-state index contributed by atoms with van der Waals surface area (Å²) < 4.78 is 10.4. The van der Waals surface area contributed by atoms with Crippen molar-refractivity contribution in [1.82, 2.24) is 10.2 Å². The van der Waals surface area contributed by atoms with Crippen LogP contribution in [0.4, 0.5) is 10.5 Å². The second-order valence-corrected chi connectivity index (χ2v) is 7.14. The molecule has 3 rings (SSSR count). The molecule has 1 aromatic rings. The Balaban J connectivity index is 1.60. The average molecular weight is 417 g/mol. The summed E-state index contributed by atoms with van der Waals surface area (Å²) >= 11 is 0. The van der Waals surface area contributed by atoms with Gasteiger partial charge < -0.3 is 14.8 Å². The summed E-state index contributed by atoms with van der Waals surface area (Å²) in [6, 6.07) is 4.12. The lowest BCUT2D eigenvalue weighted by Crippen LogP contribution is -2.48. The van der Waals surface area contributed by atoms with Crippen molar-refractivity contribution in [3.8, 4) is 0 Å². The Hall–Kier alpha value is -3.27. The molecule has 1 aliphatic carbocycles. The molecule has 1 N–H and O–H groups in total. The number of nitro groups is 1. The molecule has 0 unspecified atom stereocenters. The molecule has 160 valence electrons. The molecule has 2 amide bonds. The molecule has 0 bridgehead atoms. The van der Waals surface area contributed by atoms with E-state index in [1.54, 1.807) is 13.0 Å². The van der Waals surface area contributed by atoms with Crippen molar-refractivity contribution in [2.45, 2.75) is 38.0 Å². The number of ether oxygens (including phenoxy) is 2. The second-order valence-electron chi connectivity index (χ2n) is 7.14. The molecule has 1 heterocycles. The van der Waals surface area contributed by atoms with Crippen LogP contribution in [-0.4, -0.2) is 59.1 Å². The predicted octanol–water partition coefficient (Wildman–Crippen LogP) is 2.04. The van der Waals surface area contributed by atoms with Crippen molar-refractivity contribution < 1.29 is 28.8 Å². The van der Waals surface area contributed by atoms with Gasteiger partial charge in [0.2, 0.25) is 5.91 Å². The number of esters is 1. The van der Waals surface area contributed by atoms with Crippen molar-refractivity contribution in [3.63, 3.8) is 0 Å². The number of hydrogen-bond donors (Lipinski definition) is 1. The van der Waals surface area contributed by atoms with E-state index in [9.17, 15) is 24.5 Å². The van der Waals surface area contributed by atoms with Crippen LogP contribution in [0.15, 0.2) is 36.9 Å². The van der Waals surface area contributed by atoms with E-state index in [0.717, 1.165) is 4.90 Å². The van der Waals surface area contributed by atoms with Crippen LogP contribution in [0.2, 0.25) is 0 Å². The summed E-state index contributed by atoms with van der Waals surface area (Å²) in [5.41, 5.74) is 0.0482. The summed E-state index contributed by atoms with van der Waals surface area (Å²) in [6.07, 6.45) is 1.31. The number of imide groups is 1. The highest BCUT2D eigenvalue weighted by Gasteiger charge is 2.48. The lowest BCUT2D eigenvalue weighted by molar-refractivity contribution is -0.384. The lowest BCUT2D eigenvalue weighted by atomic mass is 10.1. The van der Waals surface area contributed by atoms with Gasteiger partial charge in [0.25, 0.3) is 5.69 Å². The first-order valence-corrected chi connectivity index (χ1v) is 9.66. The third-order valence-electron chi connectivity index (χ3n) is 5.12. The highest BCUT2D eigenvalue weighted by Crippen LogP contribution is 2.37. The third kappa shape index (κ3) is 4.65. The summed E-state index contributed by atoms with van der Waals surface area (Å²) in [5, 5.41) is 13.7. The van der Waals surface area contributed by atoms with Crippen LogP contribution < -0.4 is 5.32 Å². The van der Waals surface area contributed by atoms with Crippen LogP contribution in [0.25, 0.3) is 0 Å². The Bertz CT molecular complexity index is 854. The van der Waals surface area contributed by atoms with Gasteiger partial charge in [-0.2, -0.15) is 0 Å². The van der Waals surface area contributed by atoms with Crippen LogP contribution in [0.3, 0.4) is 0 Å². The Labute approximate surface area is 173 Å². The highest BCUT2D eigenvalue weighted by molar-refractivity contribution is 5.96. The molecule has 1 aliphatic heterocycles. The minimum atomic E-state index is -0.690. The highest BCUT2D eigenvalue weighted by atomic mass is 16.6. The number of carbonyl (C=O) groups excluding carboxylic acids is 3. The number of nitro benzene ring substituents is 1. The van der Waals surface area contributed by atoms with Gasteiger partial charge in [0.1, 0.15) is 6.10 Å². The van der Waals surface area contributed by atoms with Gasteiger partial charge in [-0.05, 0) is 31.4 Å². The Kier molecular flexibility index (Phi) is 6.46. The van der Waals surface area contributed by atoms with Gasteiger partial charge in [-0.1, -0.05) is 6.08 Å². The molecular weight excluding hydrogens is 394 g/mol. The fourth-order valence-electron chi connectivity index (χ4n) is 3.42. The number of nitrogens with one attached hydrogen (secondary N) is 1. The van der Waals surface area contributed by atoms with Gasteiger partial charge in [0.05, 0.1) is 29.2 Å². The number of amides is 2. The molecule has 1 saturated heterocycles. The zero-order chi connectivity index (χ0) is 21.8. The summed E-state index contributed by atoms with van der Waals surface area (Å²) in [6.45, 7) is 5.78. The smallest absolute Gasteiger partial charge is 0.416 e. The maximum absolute atomic E-state index is 12.9. The summed E-state index contributed by atoms with van der Waals surface area (Å²) in [5.74, 6) is -1.01. The predicted molar refractivity (Wildman–Crippen MR) is 105 cm³/mol. The van der Waals surface area contributed by atoms with Gasteiger partial charge in [0.15, 0.2) is 0 Å². The SMILES string of the molecule is C=C[C@@H]1C[C@H]1N(C(=O)OCC)C(=O)[C@@H]1C[C@@H](OC(=O)c2ccc([N+](=O)[O-])cc2)CN1. The van der Waals surface area contributed by atoms with Gasteiger partial charge in [-0.15, -0.1) is 6.58 Å². The number of rotatable bonds is 7. The molecule has 10 heteroatoms. The van der Waals surface area contributed by atoms with E-state index in [2.05, 4.69) is 11.9 Å². The zero-order valence-corrected chi connectivity index (χ0v) is 16.5. The number of non-ortho nitro benzene ring substituents is 1. The maximum Gasteiger partial charge on any atom is 0.416 e. The first-order valence-electron chi connectivity index (χ1n) is 9.66. The first-order chi connectivity index (χ1) is 14.3. The van der Waals surface area contributed by atoms with Crippen molar-refractivity contribution in [2.75, 3.05) is 13.2 Å². The van der Waals surface area contributed by atoms with E-state index in [1.165, 1.54) is 24.3 Å². The first kappa shape index (κ1) is 21.4. The molecule has 4 atom stereocenters. The Morgan fingerprint density at radius 1 is 1.30 bits per heavy atom. The van der Waals surface area contributed by atoms with E-state index in [-0.39, 0.29) is 42.8 Å². The lowest BCUT2D eigenvalue weighted by Gasteiger charge is -2.23. The van der Waals surface area contributed by atoms with Crippen LogP contribution in [0.5, 0.6) is 0 Å². The fraction of sp³-hybridized carbons (Fsp3) is 0.450. The van der Waals surface area contributed by atoms with Gasteiger partial charge in [-0.25, -0.2) is 14.5 Å². The number of hydrogen-bond acceptors (Lipinski definition) is 8. The fourth-order valence-corrected chi connectivity index (χ4v) is 3.42. The monoisotopic (exact) mass is 417 g/mol. The molecule has 2 aliphatic rings. The van der Waals surface area contributed by atoms with E-state index < -0.39 is 35.0 Å². The van der Waals surface area contributed by atoms with Crippen LogP contribution >= 0.6 is 0 Å². The van der Waals surface area contributed by atoms with Crippen LogP contribution in [0, 0.1) is 16.0 Å². The standard InChI is InChI=1S/C20H23N3O7/c1-3-12-9-17(12)22(20(26)29-4-2)18(24)16-10-15(11-21-16)30-19(25)13-5-7-14(8-6-13)23(27)28/h3,5-8,12,15-17,21H,1,4,9-11H2,2H3/t12-,15-,16+,17-/m1/s1. The minimum absolute atomic E-state index is 0.0514. The molecule has 2 fully saturated rings. The van der Waals surface area contributed by atoms with Gasteiger partial charge >= 0.3 is 12.1 Å². The minimum Gasteiger partial charge on any atom is -0.457 e.